The topological polar surface area (TPSA) is 43.8 Å². The quantitative estimate of drug-likeness (QED) is 0.693. The summed E-state index contributed by atoms with van der Waals surface area (Å²) < 4.78 is 1.82. The van der Waals surface area contributed by atoms with E-state index in [0.29, 0.717) is 0 Å². The van der Waals surface area contributed by atoms with E-state index in [2.05, 4.69) is 5.10 Å². The molecule has 3 nitrogen and oxygen atoms in total. The Labute approximate surface area is 66.6 Å². The third-order valence-corrected chi connectivity index (χ3v) is 1.03. The van der Waals surface area contributed by atoms with Gasteiger partial charge in [-0.05, 0) is 13.0 Å². The number of nitrogens with zero attached hydrogens (tertiary/aromatic N) is 2. The van der Waals surface area contributed by atoms with Gasteiger partial charge in [0.25, 0.3) is 0 Å². The molecule has 1 aromatic rings. The van der Waals surface area contributed by atoms with E-state index in [9.17, 15) is 0 Å². The zero-order chi connectivity index (χ0) is 6.69. The van der Waals surface area contributed by atoms with E-state index in [1.54, 1.807) is 6.20 Å². The smallest absolute Gasteiger partial charge is 0.0557 e. The highest BCUT2D eigenvalue weighted by molar-refractivity contribution is 5.85. The fourth-order valence-electron chi connectivity index (χ4n) is 0.704. The Kier molecular flexibility index (Phi) is 4.07. The van der Waals surface area contributed by atoms with Crippen molar-refractivity contribution in [3.05, 3.63) is 18.5 Å². The van der Waals surface area contributed by atoms with Crippen LogP contribution in [-0.2, 0) is 6.54 Å². The van der Waals surface area contributed by atoms with E-state index in [-0.39, 0.29) is 18.4 Å². The first-order valence-corrected chi connectivity index (χ1v) is 3.02. The first-order chi connectivity index (χ1) is 4.29. The minimum atomic E-state index is 0. The van der Waals surface area contributed by atoms with Crippen molar-refractivity contribution in [1.29, 1.82) is 0 Å². The minimum absolute atomic E-state index is 0. The van der Waals surface area contributed by atoms with Crippen molar-refractivity contribution in [2.75, 3.05) is 0 Å². The Morgan fingerprint density at radius 3 is 2.80 bits per heavy atom. The molecule has 0 amide bonds. The summed E-state index contributed by atoms with van der Waals surface area (Å²) >= 11 is 0. The van der Waals surface area contributed by atoms with Crippen molar-refractivity contribution >= 4 is 12.4 Å². The molecule has 0 aliphatic carbocycles. The van der Waals surface area contributed by atoms with Crippen LogP contribution in [-0.4, -0.2) is 15.8 Å². The van der Waals surface area contributed by atoms with Crippen LogP contribution >= 0.6 is 12.4 Å². The van der Waals surface area contributed by atoms with Crippen LogP contribution in [0.5, 0.6) is 0 Å². The lowest BCUT2D eigenvalue weighted by Crippen LogP contribution is -2.22. The third kappa shape index (κ3) is 2.85. The van der Waals surface area contributed by atoms with Gasteiger partial charge in [0, 0.05) is 18.4 Å². The Hall–Kier alpha value is -0.540. The molecule has 10 heavy (non-hydrogen) atoms. The second-order valence-electron chi connectivity index (χ2n) is 2.21. The Bertz CT molecular complexity index is 160. The molecule has 1 atom stereocenters. The summed E-state index contributed by atoms with van der Waals surface area (Å²) in [6.07, 6.45) is 3.66. The van der Waals surface area contributed by atoms with Crippen LogP contribution in [0.4, 0.5) is 0 Å². The van der Waals surface area contributed by atoms with Gasteiger partial charge in [-0.2, -0.15) is 5.10 Å². The van der Waals surface area contributed by atoms with E-state index >= 15 is 0 Å². The van der Waals surface area contributed by atoms with Crippen molar-refractivity contribution in [1.82, 2.24) is 9.78 Å². The standard InChI is InChI=1S/C6H11N3.ClH/c1-6(7)5-9-4-2-3-8-9;/h2-4,6H,5,7H2,1H3;1H. The lowest BCUT2D eigenvalue weighted by Gasteiger charge is -2.02. The van der Waals surface area contributed by atoms with Gasteiger partial charge in [-0.3, -0.25) is 4.68 Å². The number of hydrogen-bond acceptors (Lipinski definition) is 2. The Balaban J connectivity index is 0.000000810. The zero-order valence-corrected chi connectivity index (χ0v) is 6.71. The second-order valence-corrected chi connectivity index (χ2v) is 2.21. The van der Waals surface area contributed by atoms with Crippen molar-refractivity contribution in [2.24, 2.45) is 5.73 Å². The van der Waals surface area contributed by atoms with Crippen molar-refractivity contribution in [3.63, 3.8) is 0 Å². The normalized spacial score (nSPS) is 12.2. The predicted octanol–water partition coefficient (Wildman–Crippen LogP) is 0.652. The molecule has 0 saturated carbocycles. The number of rotatable bonds is 2. The highest BCUT2D eigenvalue weighted by Crippen LogP contribution is 1.85. The molecule has 0 spiro atoms. The summed E-state index contributed by atoms with van der Waals surface area (Å²) in [5, 5.41) is 3.99. The second kappa shape index (κ2) is 4.30. The molecule has 0 radical (unpaired) electrons. The van der Waals surface area contributed by atoms with Gasteiger partial charge in [0.05, 0.1) is 6.54 Å². The van der Waals surface area contributed by atoms with Gasteiger partial charge < -0.3 is 5.73 Å². The fourth-order valence-corrected chi connectivity index (χ4v) is 0.704. The molecule has 0 aliphatic heterocycles. The van der Waals surface area contributed by atoms with Crippen LogP contribution < -0.4 is 5.73 Å². The highest BCUT2D eigenvalue weighted by atomic mass is 35.5. The molecular formula is C6H12ClN3. The predicted molar refractivity (Wildman–Crippen MR) is 43.1 cm³/mol. The molecule has 1 unspecified atom stereocenters. The van der Waals surface area contributed by atoms with Crippen molar-refractivity contribution in [3.8, 4) is 0 Å². The minimum Gasteiger partial charge on any atom is -0.326 e. The summed E-state index contributed by atoms with van der Waals surface area (Å²) in [6.45, 7) is 2.76. The van der Waals surface area contributed by atoms with Crippen LogP contribution in [0.2, 0.25) is 0 Å². The van der Waals surface area contributed by atoms with Gasteiger partial charge in [-0.15, -0.1) is 12.4 Å². The monoisotopic (exact) mass is 161 g/mol. The number of hydrogen-bond donors (Lipinski definition) is 1. The SMILES string of the molecule is CC(N)Cn1cccn1.Cl. The maximum absolute atomic E-state index is 5.52. The van der Waals surface area contributed by atoms with Crippen LogP contribution in [0.25, 0.3) is 0 Å². The van der Waals surface area contributed by atoms with Crippen molar-refractivity contribution < 1.29 is 0 Å². The van der Waals surface area contributed by atoms with E-state index in [1.165, 1.54) is 0 Å². The summed E-state index contributed by atoms with van der Waals surface area (Å²) in [4.78, 5) is 0. The fraction of sp³-hybridized carbons (Fsp3) is 0.500. The maximum atomic E-state index is 5.52. The number of aromatic nitrogens is 2. The number of nitrogens with two attached hydrogens (primary N) is 1. The van der Waals surface area contributed by atoms with Gasteiger partial charge in [-0.1, -0.05) is 0 Å². The molecular weight excluding hydrogens is 150 g/mol. The molecule has 4 heteroatoms. The highest BCUT2D eigenvalue weighted by Gasteiger charge is 1.93. The molecule has 0 fully saturated rings. The molecule has 2 N–H and O–H groups in total. The van der Waals surface area contributed by atoms with Gasteiger partial charge in [0.2, 0.25) is 0 Å². The zero-order valence-electron chi connectivity index (χ0n) is 5.90. The average molecular weight is 162 g/mol. The molecule has 0 bridgehead atoms. The maximum Gasteiger partial charge on any atom is 0.0557 e. The largest absolute Gasteiger partial charge is 0.326 e. The lowest BCUT2D eigenvalue weighted by atomic mass is 10.4. The third-order valence-electron chi connectivity index (χ3n) is 1.03. The van der Waals surface area contributed by atoms with Crippen molar-refractivity contribution in [2.45, 2.75) is 19.5 Å². The number of halogens is 1. The van der Waals surface area contributed by atoms with E-state index in [0.717, 1.165) is 6.54 Å². The summed E-state index contributed by atoms with van der Waals surface area (Å²) in [5.74, 6) is 0. The van der Waals surface area contributed by atoms with Gasteiger partial charge in [-0.25, -0.2) is 0 Å². The lowest BCUT2D eigenvalue weighted by molar-refractivity contribution is 0.538. The average Bonchev–Trinajstić information content (AvgIpc) is 2.15. The van der Waals surface area contributed by atoms with E-state index < -0.39 is 0 Å². The molecule has 0 aliphatic rings. The Morgan fingerprint density at radius 2 is 2.40 bits per heavy atom. The summed E-state index contributed by atoms with van der Waals surface area (Å²) in [7, 11) is 0. The first-order valence-electron chi connectivity index (χ1n) is 3.02. The van der Waals surface area contributed by atoms with Crippen LogP contribution in [0.15, 0.2) is 18.5 Å². The van der Waals surface area contributed by atoms with E-state index in [4.69, 9.17) is 5.73 Å². The molecule has 1 heterocycles. The molecule has 0 saturated heterocycles. The van der Waals surface area contributed by atoms with E-state index in [1.807, 2.05) is 23.9 Å². The molecule has 58 valence electrons. The van der Waals surface area contributed by atoms with Gasteiger partial charge in [0.15, 0.2) is 0 Å². The van der Waals surface area contributed by atoms with Gasteiger partial charge >= 0.3 is 0 Å². The molecule has 0 aromatic carbocycles. The molecule has 1 aromatic heterocycles. The Morgan fingerprint density at radius 1 is 1.70 bits per heavy atom. The first kappa shape index (κ1) is 9.46. The summed E-state index contributed by atoms with van der Waals surface area (Å²) in [6, 6.07) is 2.08. The van der Waals surface area contributed by atoms with Gasteiger partial charge in [0.1, 0.15) is 0 Å². The molecule has 1 rings (SSSR count). The van der Waals surface area contributed by atoms with Crippen LogP contribution in [0.3, 0.4) is 0 Å². The van der Waals surface area contributed by atoms with Crippen LogP contribution in [0.1, 0.15) is 6.92 Å². The van der Waals surface area contributed by atoms with Crippen LogP contribution in [0, 0.1) is 0 Å². The summed E-state index contributed by atoms with van der Waals surface area (Å²) in [5.41, 5.74) is 5.52.